The van der Waals surface area contributed by atoms with E-state index in [4.69, 9.17) is 28.3 Å². The summed E-state index contributed by atoms with van der Waals surface area (Å²) in [7, 11) is 0. The monoisotopic (exact) mass is 413 g/mol. The maximum atomic E-state index is 12.6. The van der Waals surface area contributed by atoms with Crippen molar-refractivity contribution in [1.82, 2.24) is 0 Å². The van der Waals surface area contributed by atoms with Gasteiger partial charge in [-0.15, -0.1) is 0 Å². The summed E-state index contributed by atoms with van der Waals surface area (Å²) in [5.41, 5.74) is -4.96. The Balaban J connectivity index is 2.78. The highest BCUT2D eigenvalue weighted by Gasteiger charge is 2.70. The zero-order valence-electron chi connectivity index (χ0n) is 12.3. The van der Waals surface area contributed by atoms with Crippen LogP contribution in [0, 0.1) is 0 Å². The van der Waals surface area contributed by atoms with Crippen LogP contribution in [0.3, 0.4) is 0 Å². The molecule has 0 fully saturated rings. The number of carbonyl (C=O) groups excluding carboxylic acids is 1. The Kier molecular flexibility index (Phi) is 6.47. The molecule has 0 aliphatic heterocycles. The fourth-order valence-electron chi connectivity index (χ4n) is 1.75. The van der Waals surface area contributed by atoms with E-state index in [9.17, 15) is 31.1 Å². The molecular formula is C13H11Cl2F6NO3. The first-order chi connectivity index (χ1) is 11.2. The Hall–Kier alpha value is -1.39. The average Bonchev–Trinajstić information content (AvgIpc) is 2.40. The summed E-state index contributed by atoms with van der Waals surface area (Å²) in [5.74, 6) is 0. The van der Waals surface area contributed by atoms with Gasteiger partial charge in [0.05, 0.1) is 10.0 Å². The maximum Gasteiger partial charge on any atom is 0.426 e. The Labute approximate surface area is 147 Å². The van der Waals surface area contributed by atoms with E-state index in [0.717, 1.165) is 6.92 Å². The van der Waals surface area contributed by atoms with Crippen molar-refractivity contribution >= 4 is 35.0 Å². The summed E-state index contributed by atoms with van der Waals surface area (Å²) >= 11 is 11.3. The first kappa shape index (κ1) is 21.7. The summed E-state index contributed by atoms with van der Waals surface area (Å²) in [6.07, 6.45) is -17.2. The summed E-state index contributed by atoms with van der Waals surface area (Å²) in [5, 5.41) is 11.3. The summed E-state index contributed by atoms with van der Waals surface area (Å²) in [6, 6.07) is 3.77. The molecular weight excluding hydrogens is 403 g/mol. The topological polar surface area (TPSA) is 58.6 Å². The van der Waals surface area contributed by atoms with Gasteiger partial charge in [0.1, 0.15) is 6.10 Å². The lowest BCUT2D eigenvalue weighted by molar-refractivity contribution is -0.373. The fraction of sp³-hybridized carbons (Fsp3) is 0.462. The molecule has 142 valence electrons. The molecule has 12 heteroatoms. The molecule has 1 amide bonds. The second-order valence-electron chi connectivity index (χ2n) is 5.03. The number of alkyl halides is 6. The quantitative estimate of drug-likeness (QED) is 0.668. The molecule has 1 unspecified atom stereocenters. The standard InChI is InChI=1S/C13H11Cl2F6NO3/c1-6(5-11(24,12(16,17)18)13(19,20)21)25-10(23)22-7-2-3-8(14)9(15)4-7/h2-4,6,24H,5H2,1H3,(H,22,23). The predicted octanol–water partition coefficient (Wildman–Crippen LogP) is 5.18. The van der Waals surface area contributed by atoms with Gasteiger partial charge in [0.15, 0.2) is 0 Å². The van der Waals surface area contributed by atoms with Crippen LogP contribution in [0.15, 0.2) is 18.2 Å². The highest BCUT2D eigenvalue weighted by molar-refractivity contribution is 6.42. The Morgan fingerprint density at radius 2 is 1.68 bits per heavy atom. The van der Waals surface area contributed by atoms with Gasteiger partial charge in [-0.25, -0.2) is 4.79 Å². The smallest absolute Gasteiger partial charge is 0.426 e. The van der Waals surface area contributed by atoms with Gasteiger partial charge in [0, 0.05) is 12.1 Å². The Bertz CT molecular complexity index is 621. The fourth-order valence-corrected chi connectivity index (χ4v) is 2.05. The van der Waals surface area contributed by atoms with Gasteiger partial charge in [0.25, 0.3) is 5.60 Å². The summed E-state index contributed by atoms with van der Waals surface area (Å²) in [6.45, 7) is 0.775. The summed E-state index contributed by atoms with van der Waals surface area (Å²) < 4.78 is 79.9. The van der Waals surface area contributed by atoms with Crippen molar-refractivity contribution in [2.75, 3.05) is 5.32 Å². The third-order valence-corrected chi connectivity index (χ3v) is 3.73. The number of hydrogen-bond acceptors (Lipinski definition) is 3. The van der Waals surface area contributed by atoms with Gasteiger partial charge in [-0.2, -0.15) is 26.3 Å². The minimum absolute atomic E-state index is 0.0495. The lowest BCUT2D eigenvalue weighted by Crippen LogP contribution is -2.58. The van der Waals surface area contributed by atoms with Crippen LogP contribution in [-0.4, -0.2) is 35.3 Å². The van der Waals surface area contributed by atoms with Crippen LogP contribution in [0.1, 0.15) is 13.3 Å². The first-order valence-electron chi connectivity index (χ1n) is 6.46. The lowest BCUT2D eigenvalue weighted by atomic mass is 9.95. The second-order valence-corrected chi connectivity index (χ2v) is 5.84. The van der Waals surface area contributed by atoms with Gasteiger partial charge < -0.3 is 9.84 Å². The molecule has 0 bridgehead atoms. The molecule has 0 aliphatic carbocycles. The van der Waals surface area contributed by atoms with Crippen LogP contribution in [0.5, 0.6) is 0 Å². The predicted molar refractivity (Wildman–Crippen MR) is 77.7 cm³/mol. The number of rotatable bonds is 4. The number of carbonyl (C=O) groups is 1. The molecule has 1 atom stereocenters. The number of halogens is 8. The normalized spacial score (nSPS) is 14.2. The molecule has 0 saturated heterocycles. The maximum absolute atomic E-state index is 12.6. The molecule has 1 rings (SSSR count). The molecule has 0 radical (unpaired) electrons. The van der Waals surface area contributed by atoms with Gasteiger partial charge in [-0.3, -0.25) is 5.32 Å². The third kappa shape index (κ3) is 5.29. The average molecular weight is 414 g/mol. The number of aliphatic hydroxyl groups is 1. The van der Waals surface area contributed by atoms with Crippen molar-refractivity contribution in [2.24, 2.45) is 0 Å². The van der Waals surface area contributed by atoms with Gasteiger partial charge >= 0.3 is 18.4 Å². The Morgan fingerprint density at radius 1 is 1.16 bits per heavy atom. The lowest BCUT2D eigenvalue weighted by Gasteiger charge is -2.33. The van der Waals surface area contributed by atoms with E-state index in [1.807, 2.05) is 0 Å². The van der Waals surface area contributed by atoms with Crippen molar-refractivity contribution in [3.05, 3.63) is 28.2 Å². The summed E-state index contributed by atoms with van der Waals surface area (Å²) in [4.78, 5) is 11.6. The van der Waals surface area contributed by atoms with Gasteiger partial charge in [-0.1, -0.05) is 23.2 Å². The van der Waals surface area contributed by atoms with E-state index >= 15 is 0 Å². The molecule has 0 saturated carbocycles. The van der Waals surface area contributed by atoms with Crippen LogP contribution in [0.2, 0.25) is 10.0 Å². The van der Waals surface area contributed by atoms with Crippen molar-refractivity contribution in [3.8, 4) is 0 Å². The highest BCUT2D eigenvalue weighted by Crippen LogP contribution is 2.46. The first-order valence-corrected chi connectivity index (χ1v) is 7.21. The molecule has 1 aromatic rings. The SMILES string of the molecule is CC(CC(O)(C(F)(F)F)C(F)(F)F)OC(=O)Nc1ccc(Cl)c(Cl)c1. The van der Waals surface area contributed by atoms with Crippen LogP contribution in [0.25, 0.3) is 0 Å². The number of ether oxygens (including phenoxy) is 1. The molecule has 1 aromatic carbocycles. The molecule has 0 aromatic heterocycles. The zero-order valence-corrected chi connectivity index (χ0v) is 13.8. The minimum atomic E-state index is -6.00. The molecule has 0 aliphatic rings. The molecule has 4 nitrogen and oxygen atoms in total. The largest absolute Gasteiger partial charge is 0.446 e. The van der Waals surface area contributed by atoms with E-state index in [0.29, 0.717) is 0 Å². The van der Waals surface area contributed by atoms with Crippen LogP contribution >= 0.6 is 23.2 Å². The number of benzene rings is 1. The minimum Gasteiger partial charge on any atom is -0.446 e. The van der Waals surface area contributed by atoms with Crippen molar-refractivity contribution in [1.29, 1.82) is 0 Å². The van der Waals surface area contributed by atoms with Crippen LogP contribution in [0.4, 0.5) is 36.8 Å². The van der Waals surface area contributed by atoms with Crippen molar-refractivity contribution in [2.45, 2.75) is 37.4 Å². The molecule has 2 N–H and O–H groups in total. The molecule has 0 heterocycles. The van der Waals surface area contributed by atoms with Crippen LogP contribution in [-0.2, 0) is 4.74 Å². The van der Waals surface area contributed by atoms with Gasteiger partial charge in [0.2, 0.25) is 0 Å². The third-order valence-electron chi connectivity index (χ3n) is 3.00. The van der Waals surface area contributed by atoms with E-state index < -0.39 is 36.6 Å². The Morgan fingerprint density at radius 3 is 2.12 bits per heavy atom. The number of nitrogens with one attached hydrogen (secondary N) is 1. The van der Waals surface area contributed by atoms with Gasteiger partial charge in [-0.05, 0) is 25.1 Å². The molecule has 0 spiro atoms. The zero-order chi connectivity index (χ0) is 19.6. The van der Waals surface area contributed by atoms with E-state index in [-0.39, 0.29) is 15.7 Å². The number of hydrogen-bond donors (Lipinski definition) is 2. The van der Waals surface area contributed by atoms with E-state index in [1.165, 1.54) is 18.2 Å². The van der Waals surface area contributed by atoms with Crippen LogP contribution < -0.4 is 5.32 Å². The van der Waals surface area contributed by atoms with Crippen molar-refractivity contribution in [3.63, 3.8) is 0 Å². The highest BCUT2D eigenvalue weighted by atomic mass is 35.5. The second kappa shape index (κ2) is 7.46. The number of amides is 1. The van der Waals surface area contributed by atoms with E-state index in [1.54, 1.807) is 0 Å². The van der Waals surface area contributed by atoms with Crippen molar-refractivity contribution < 1.29 is 41.0 Å². The van der Waals surface area contributed by atoms with E-state index in [2.05, 4.69) is 10.1 Å². The molecule has 25 heavy (non-hydrogen) atoms. The number of anilines is 1.